The van der Waals surface area contributed by atoms with E-state index >= 15 is 9.59 Å². The van der Waals surface area contributed by atoms with Crippen molar-refractivity contribution in [2.45, 2.75) is 184 Å². The van der Waals surface area contributed by atoms with E-state index < -0.39 is 23.8 Å². The van der Waals surface area contributed by atoms with Crippen LogP contribution in [0, 0.1) is 0 Å². The van der Waals surface area contributed by atoms with E-state index in [1.807, 2.05) is 43.1 Å². The molecule has 3 saturated heterocycles. The summed E-state index contributed by atoms with van der Waals surface area (Å²) in [7, 11) is -10.9. The summed E-state index contributed by atoms with van der Waals surface area (Å²) in [6, 6.07) is 24.8. The first kappa shape index (κ1) is 59.5. The van der Waals surface area contributed by atoms with E-state index in [0.29, 0.717) is 0 Å². The summed E-state index contributed by atoms with van der Waals surface area (Å²) in [5.41, 5.74) is 11.4. The first-order valence-corrected chi connectivity index (χ1v) is 32.0. The Morgan fingerprint density at radius 2 is 0.662 bits per heavy atom. The van der Waals surface area contributed by atoms with Gasteiger partial charge in [-0.05, 0) is 73.0 Å². The fraction of sp³-hybridized carbons (Fsp3) is 0.508. The molecule has 0 aliphatic carbocycles. The molecule has 0 amide bonds. The fourth-order valence-corrected chi connectivity index (χ4v) is 16.1. The van der Waals surface area contributed by atoms with Gasteiger partial charge in [0, 0.05) is 70.9 Å². The maximum absolute atomic E-state index is 16.8. The number of carbonyl (C=O) groups is 1. The average molecular weight is 1090 g/mol. The Kier molecular flexibility index (Phi) is 19.5. The van der Waals surface area contributed by atoms with Crippen LogP contribution in [-0.4, -0.2) is 59.3 Å². The van der Waals surface area contributed by atoms with E-state index in [4.69, 9.17) is 22.4 Å². The molecule has 0 N–H and O–H groups in total. The molecule has 6 aromatic rings. The summed E-state index contributed by atoms with van der Waals surface area (Å²) in [4.78, 5) is 48.2. The third-order valence-corrected chi connectivity index (χ3v) is 20.0. The molecule has 3 fully saturated rings. The second-order valence-electron chi connectivity index (χ2n) is 23.4. The summed E-state index contributed by atoms with van der Waals surface area (Å²) in [6.45, 7) is 38.1. The number of aromatic nitrogens is 4. The molecule has 5 heterocycles. The predicted octanol–water partition coefficient (Wildman–Crippen LogP) is 11.3. The minimum Gasteiger partial charge on any atom is -0.798 e. The Labute approximate surface area is 462 Å². The summed E-state index contributed by atoms with van der Waals surface area (Å²) in [5, 5.41) is 0. The lowest BCUT2D eigenvalue weighted by molar-refractivity contribution is -0.584. The highest BCUT2D eigenvalue weighted by atomic mass is 28.5. The third kappa shape index (κ3) is 12.6. The van der Waals surface area contributed by atoms with Crippen molar-refractivity contribution in [3.05, 3.63) is 142 Å². The van der Waals surface area contributed by atoms with Gasteiger partial charge in [-0.1, -0.05) is 184 Å². The Morgan fingerprint density at radius 3 is 0.883 bits per heavy atom. The first-order valence-electron chi connectivity index (χ1n) is 28.5. The van der Waals surface area contributed by atoms with Crippen molar-refractivity contribution in [1.82, 2.24) is 9.13 Å². The molecule has 14 heteroatoms. The van der Waals surface area contributed by atoms with Crippen molar-refractivity contribution in [2.24, 2.45) is 0 Å². The maximum atomic E-state index is 16.8. The number of rotatable bonds is 14. The van der Waals surface area contributed by atoms with Crippen molar-refractivity contribution in [3.63, 3.8) is 0 Å². The van der Waals surface area contributed by atoms with Crippen LogP contribution in [0.1, 0.15) is 228 Å². The van der Waals surface area contributed by atoms with Gasteiger partial charge in [0.1, 0.15) is 47.5 Å². The van der Waals surface area contributed by atoms with Crippen LogP contribution in [0.25, 0.3) is 22.7 Å². The summed E-state index contributed by atoms with van der Waals surface area (Å²) in [5.74, 6) is 0.419. The van der Waals surface area contributed by atoms with Crippen LogP contribution in [0.5, 0.6) is 0 Å². The molecule has 77 heavy (non-hydrogen) atoms. The van der Waals surface area contributed by atoms with Crippen LogP contribution in [0.15, 0.2) is 97.6 Å². The molecule has 4 aromatic carbocycles. The highest BCUT2D eigenvalue weighted by molar-refractivity contribution is 6.86. The molecule has 12 nitrogen and oxygen atoms in total. The van der Waals surface area contributed by atoms with Gasteiger partial charge >= 0.3 is 23.8 Å². The largest absolute Gasteiger partial charge is 0.798 e. The van der Waals surface area contributed by atoms with Gasteiger partial charge in [-0.3, -0.25) is 0 Å². The number of nitrogens with zero attached hydrogens (tertiary/aromatic N) is 4. The Hall–Kier alpha value is -5.20. The molecule has 2 aromatic heterocycles. The summed E-state index contributed by atoms with van der Waals surface area (Å²) < 4.78 is 36.3. The highest BCUT2D eigenvalue weighted by Gasteiger charge is 2.59. The smallest absolute Gasteiger partial charge is 0.483 e. The zero-order valence-electron chi connectivity index (χ0n) is 49.1. The van der Waals surface area contributed by atoms with Crippen molar-refractivity contribution in [3.8, 4) is 22.7 Å². The third-order valence-electron chi connectivity index (χ3n) is 14.9. The first-order chi connectivity index (χ1) is 36.5. The van der Waals surface area contributed by atoms with E-state index in [2.05, 4.69) is 184 Å². The van der Waals surface area contributed by atoms with E-state index in [1.165, 1.54) is 25.7 Å². The van der Waals surface area contributed by atoms with Gasteiger partial charge in [-0.25, -0.2) is 4.79 Å². The van der Waals surface area contributed by atoms with E-state index in [0.717, 1.165) is 93.7 Å². The maximum Gasteiger partial charge on any atom is 0.483 e. The Morgan fingerprint density at radius 1 is 0.416 bits per heavy atom. The highest BCUT2D eigenvalue weighted by Crippen LogP contribution is 2.36. The minimum absolute atomic E-state index is 0.0524. The minimum atomic E-state index is -5.47. The molecule has 3 aliphatic rings. The van der Waals surface area contributed by atoms with Crippen molar-refractivity contribution < 1.29 is 46.0 Å². The molecular formula is C63H88N4O8Si2. The number of imidazole rings is 2. The molecule has 0 spiro atoms. The number of benzene rings is 4. The lowest BCUT2D eigenvalue weighted by Gasteiger charge is -2.46. The lowest BCUT2D eigenvalue weighted by Crippen LogP contribution is -2.88. The number of hydrogen-bond acceptors (Lipinski definition) is 8. The van der Waals surface area contributed by atoms with Gasteiger partial charge in [-0.15, -0.1) is 0 Å². The van der Waals surface area contributed by atoms with E-state index in [-0.39, 0.29) is 58.2 Å². The Bertz CT molecular complexity index is 2490. The van der Waals surface area contributed by atoms with Gasteiger partial charge in [-0.2, -0.15) is 18.3 Å². The van der Waals surface area contributed by atoms with E-state index in [9.17, 15) is 4.79 Å². The molecule has 0 radical (unpaired) electrons. The van der Waals surface area contributed by atoms with E-state index in [1.54, 1.807) is 0 Å². The van der Waals surface area contributed by atoms with Gasteiger partial charge in [0.2, 0.25) is 0 Å². The molecular weight excluding hydrogens is 997 g/mol. The predicted molar refractivity (Wildman–Crippen MR) is 307 cm³/mol. The van der Waals surface area contributed by atoms with Crippen LogP contribution in [0.3, 0.4) is 0 Å². The van der Waals surface area contributed by atoms with Crippen LogP contribution in [0.2, 0.25) is 0 Å². The van der Waals surface area contributed by atoms with Crippen LogP contribution in [-0.2, 0) is 22.4 Å². The molecule has 3 aliphatic heterocycles. The average Bonchev–Trinajstić information content (AvgIpc) is 4.24. The normalized spacial score (nSPS) is 18.7. The quantitative estimate of drug-likeness (QED) is 0.0779. The number of carbonyl (C=O) groups excluding carboxylic acids is 1. The van der Waals surface area contributed by atoms with Crippen molar-refractivity contribution in [1.29, 1.82) is 0 Å². The molecule has 0 unspecified atom stereocenters. The van der Waals surface area contributed by atoms with Crippen molar-refractivity contribution >= 4 is 34.7 Å². The van der Waals surface area contributed by atoms with Crippen molar-refractivity contribution in [2.75, 3.05) is 26.4 Å². The molecule has 9 rings (SSSR count). The van der Waals surface area contributed by atoms with Crippen LogP contribution < -0.4 is 29.6 Å². The molecule has 416 valence electrons. The van der Waals surface area contributed by atoms with Gasteiger partial charge in [0.25, 0.3) is 10.9 Å². The molecule has 0 bridgehead atoms. The zero-order chi connectivity index (χ0) is 56.1. The second kappa shape index (κ2) is 25.3. The topological polar surface area (TPSA) is 127 Å². The van der Waals surface area contributed by atoms with Crippen LogP contribution >= 0.6 is 0 Å². The monoisotopic (exact) mass is 1080 g/mol. The van der Waals surface area contributed by atoms with Crippen LogP contribution in [0.4, 0.5) is 4.79 Å². The standard InChI is InChI=1S/C55H72N4O6Si2.2C4H8O/c1-33(2)41-21-17-22-42(34(3)4)49(41)56-29-30-57(50-43(35(5)6)23-18-24-44(50)36(7)8)53(56)66(61)63-55(60)64-67(62,65-66)54-58(51-45(37(9)10)25-19-26-46(51)38(11)12)31-32-59(54)52-47(39(13)14)27-20-28-48(52)40(15)16;2*1-2-4-5-3-1/h17-40H,1-16H3;2*1-4H2/t66-,67-;;/m0../s1. The number of hydrogen-bond donors (Lipinski definition) is 0. The number of ether oxygens (including phenoxy) is 2. The summed E-state index contributed by atoms with van der Waals surface area (Å²) >= 11 is 0. The zero-order valence-corrected chi connectivity index (χ0v) is 51.1. The van der Waals surface area contributed by atoms with Gasteiger partial charge in [0.05, 0.1) is 0 Å². The Balaban J connectivity index is 0.000000772. The second-order valence-corrected chi connectivity index (χ2v) is 27.8. The van der Waals surface area contributed by atoms with Gasteiger partial charge < -0.3 is 32.0 Å². The SMILES string of the molecule is C1CCOC1.C1CCOC1.CC(C)c1cccc(C(C)C)c1-n1cc[n+](-c2c(C(C)C)cccc2C(C)C)c1[Si@]1([O-])OC(=O)O[Si@@]([O-])(c2n(-c3c(C(C)C)cccc3C(C)C)cc[n+]2-c2c(C(C)C)cccc2C(C)C)O1. The summed E-state index contributed by atoms with van der Waals surface area (Å²) in [6.07, 6.45) is 11.3. The van der Waals surface area contributed by atoms with Gasteiger partial charge in [0.15, 0.2) is 0 Å². The number of para-hydroxylation sites is 4. The fourth-order valence-electron chi connectivity index (χ4n) is 10.9. The molecule has 2 atom stereocenters. The molecule has 0 saturated carbocycles. The lowest BCUT2D eigenvalue weighted by atomic mass is 9.92.